The fraction of sp³-hybridized carbons (Fsp3) is 0.500. The molecule has 0 aromatic carbocycles. The minimum atomic E-state index is -0.318. The number of halogens is 1. The van der Waals surface area contributed by atoms with Crippen molar-refractivity contribution in [3.63, 3.8) is 0 Å². The van der Waals surface area contributed by atoms with Gasteiger partial charge in [0.25, 0.3) is 12.4 Å². The van der Waals surface area contributed by atoms with Gasteiger partial charge in [-0.25, -0.2) is 4.98 Å². The average Bonchev–Trinajstić information content (AvgIpc) is 3.11. The van der Waals surface area contributed by atoms with Crippen molar-refractivity contribution in [3.05, 3.63) is 33.5 Å². The van der Waals surface area contributed by atoms with Gasteiger partial charge in [0, 0.05) is 37.3 Å². The minimum Gasteiger partial charge on any atom is -0.462 e. The molecule has 1 N–H and O–H groups in total. The van der Waals surface area contributed by atoms with E-state index in [0.29, 0.717) is 22.1 Å². The Bertz CT molecular complexity index is 855. The molecular formula is C20H28BrN5O3S. The summed E-state index contributed by atoms with van der Waals surface area (Å²) in [5.41, 5.74) is 1.81. The highest BCUT2D eigenvalue weighted by atomic mass is 79.9. The summed E-state index contributed by atoms with van der Waals surface area (Å²) in [5.74, 6) is -0.219. The van der Waals surface area contributed by atoms with Crippen LogP contribution in [0.2, 0.25) is 0 Å². The molecular weight excluding hydrogens is 470 g/mol. The van der Waals surface area contributed by atoms with Gasteiger partial charge in [0.1, 0.15) is 11.3 Å². The molecule has 10 heteroatoms. The molecule has 30 heavy (non-hydrogen) atoms. The highest BCUT2D eigenvalue weighted by Gasteiger charge is 2.23. The molecule has 0 spiro atoms. The standard InChI is InChI=1S/C15H18BrN5OS.C5H10O2/c1-10-8-21(6-5-20(10)2)13-3-4-17-7-11(13)18-14(22)12-9-23-15(16)19-12;1-5(2,3)7-4-6/h3-4,7,9-10H,5-6,8H2,1-2H3,(H,18,22);4H,1-3H3/t10-;/m0./s1. The number of hydrogen-bond donors (Lipinski definition) is 1. The Morgan fingerprint density at radius 1 is 1.40 bits per heavy atom. The number of carbonyl (C=O) groups is 2. The van der Waals surface area contributed by atoms with Crippen molar-refractivity contribution in [3.8, 4) is 0 Å². The zero-order chi connectivity index (χ0) is 22.3. The van der Waals surface area contributed by atoms with Gasteiger partial charge in [0.05, 0.1) is 17.6 Å². The van der Waals surface area contributed by atoms with E-state index < -0.39 is 0 Å². The lowest BCUT2D eigenvalue weighted by Gasteiger charge is -2.39. The van der Waals surface area contributed by atoms with Crippen molar-refractivity contribution in [1.29, 1.82) is 0 Å². The maximum Gasteiger partial charge on any atom is 0.293 e. The number of nitrogens with zero attached hydrogens (tertiary/aromatic N) is 4. The number of nitrogens with one attached hydrogen (secondary N) is 1. The van der Waals surface area contributed by atoms with Gasteiger partial charge in [0.2, 0.25) is 0 Å². The number of amides is 1. The van der Waals surface area contributed by atoms with E-state index in [-0.39, 0.29) is 11.5 Å². The van der Waals surface area contributed by atoms with E-state index in [9.17, 15) is 9.59 Å². The molecule has 0 unspecified atom stereocenters. The van der Waals surface area contributed by atoms with Gasteiger partial charge in [-0.2, -0.15) is 0 Å². The predicted molar refractivity (Wildman–Crippen MR) is 123 cm³/mol. The normalized spacial score (nSPS) is 17.0. The van der Waals surface area contributed by atoms with E-state index in [1.165, 1.54) is 11.3 Å². The maximum atomic E-state index is 12.3. The summed E-state index contributed by atoms with van der Waals surface area (Å²) in [5, 5.41) is 4.66. The Morgan fingerprint density at radius 3 is 2.67 bits per heavy atom. The molecule has 1 fully saturated rings. The zero-order valence-electron chi connectivity index (χ0n) is 17.9. The number of thiazole rings is 1. The van der Waals surface area contributed by atoms with Crippen LogP contribution in [0.1, 0.15) is 38.2 Å². The van der Waals surface area contributed by atoms with Crippen molar-refractivity contribution in [2.75, 3.05) is 36.9 Å². The Hall–Kier alpha value is -2.04. The summed E-state index contributed by atoms with van der Waals surface area (Å²) in [4.78, 5) is 34.9. The van der Waals surface area contributed by atoms with Gasteiger partial charge in [-0.3, -0.25) is 14.6 Å². The summed E-state index contributed by atoms with van der Waals surface area (Å²) in [7, 11) is 2.14. The third-order valence-electron chi connectivity index (χ3n) is 4.46. The van der Waals surface area contributed by atoms with E-state index in [1.807, 2.05) is 26.8 Å². The Morgan fingerprint density at radius 2 is 2.13 bits per heavy atom. The second-order valence-corrected chi connectivity index (χ2v) is 10.1. The molecule has 0 radical (unpaired) electrons. The van der Waals surface area contributed by atoms with E-state index in [0.717, 1.165) is 31.0 Å². The summed E-state index contributed by atoms with van der Waals surface area (Å²) in [6.45, 7) is 11.0. The largest absolute Gasteiger partial charge is 0.462 e. The predicted octanol–water partition coefficient (Wildman–Crippen LogP) is 3.65. The van der Waals surface area contributed by atoms with Gasteiger partial charge in [0.15, 0.2) is 3.92 Å². The molecule has 1 aliphatic rings. The molecule has 1 aliphatic heterocycles. The zero-order valence-corrected chi connectivity index (χ0v) is 20.3. The van der Waals surface area contributed by atoms with E-state index in [2.05, 4.69) is 59.7 Å². The molecule has 0 aliphatic carbocycles. The molecule has 0 bridgehead atoms. The first kappa shape index (κ1) is 24.2. The number of rotatable bonds is 4. The van der Waals surface area contributed by atoms with Crippen LogP contribution in [0.4, 0.5) is 11.4 Å². The molecule has 1 saturated heterocycles. The average molecular weight is 498 g/mol. The van der Waals surface area contributed by atoms with Crippen LogP contribution in [-0.4, -0.2) is 65.6 Å². The number of ether oxygens (including phenoxy) is 1. The van der Waals surface area contributed by atoms with Crippen LogP contribution in [0.15, 0.2) is 27.8 Å². The second kappa shape index (κ2) is 10.8. The quantitative estimate of drug-likeness (QED) is 0.644. The molecule has 2 aromatic heterocycles. The minimum absolute atomic E-state index is 0.219. The molecule has 1 atom stereocenters. The van der Waals surface area contributed by atoms with Crippen LogP contribution in [-0.2, 0) is 9.53 Å². The molecule has 164 valence electrons. The highest BCUT2D eigenvalue weighted by molar-refractivity contribution is 9.11. The summed E-state index contributed by atoms with van der Waals surface area (Å²) >= 11 is 4.67. The molecule has 2 aromatic rings. The first-order valence-corrected chi connectivity index (χ1v) is 11.2. The number of pyridine rings is 1. The topological polar surface area (TPSA) is 87.7 Å². The van der Waals surface area contributed by atoms with E-state index in [1.54, 1.807) is 17.8 Å². The molecule has 1 amide bonds. The monoisotopic (exact) mass is 497 g/mol. The van der Waals surface area contributed by atoms with Crippen LogP contribution in [0.5, 0.6) is 0 Å². The third kappa shape index (κ3) is 7.33. The molecule has 0 saturated carbocycles. The van der Waals surface area contributed by atoms with Crippen LogP contribution in [0, 0.1) is 0 Å². The van der Waals surface area contributed by atoms with Crippen LogP contribution in [0.25, 0.3) is 0 Å². The van der Waals surface area contributed by atoms with E-state index in [4.69, 9.17) is 0 Å². The Kier molecular flexibility index (Phi) is 8.75. The fourth-order valence-corrected chi connectivity index (χ4v) is 3.70. The Balaban J connectivity index is 0.000000396. The van der Waals surface area contributed by atoms with Crippen LogP contribution in [0.3, 0.4) is 0 Å². The lowest BCUT2D eigenvalue weighted by atomic mass is 10.2. The van der Waals surface area contributed by atoms with Gasteiger partial charge in [-0.15, -0.1) is 11.3 Å². The summed E-state index contributed by atoms with van der Waals surface area (Å²) < 4.78 is 5.24. The third-order valence-corrected chi connectivity index (χ3v) is 5.82. The van der Waals surface area contributed by atoms with Gasteiger partial charge >= 0.3 is 0 Å². The smallest absolute Gasteiger partial charge is 0.293 e. The summed E-state index contributed by atoms with van der Waals surface area (Å²) in [6.07, 6.45) is 3.45. The number of carbonyl (C=O) groups excluding carboxylic acids is 2. The molecule has 3 rings (SSSR count). The molecule has 3 heterocycles. The van der Waals surface area contributed by atoms with Crippen LogP contribution < -0.4 is 10.2 Å². The molecule has 8 nitrogen and oxygen atoms in total. The highest BCUT2D eigenvalue weighted by Crippen LogP contribution is 2.27. The van der Waals surface area contributed by atoms with Crippen molar-refractivity contribution in [2.45, 2.75) is 39.3 Å². The van der Waals surface area contributed by atoms with E-state index >= 15 is 0 Å². The van der Waals surface area contributed by atoms with Crippen LogP contribution >= 0.6 is 27.3 Å². The van der Waals surface area contributed by atoms with Crippen molar-refractivity contribution >= 4 is 51.0 Å². The van der Waals surface area contributed by atoms with Crippen molar-refractivity contribution in [1.82, 2.24) is 14.9 Å². The first-order valence-electron chi connectivity index (χ1n) is 9.53. The van der Waals surface area contributed by atoms with Crippen molar-refractivity contribution in [2.24, 2.45) is 0 Å². The summed E-state index contributed by atoms with van der Waals surface area (Å²) in [6, 6.07) is 2.42. The first-order chi connectivity index (χ1) is 14.1. The number of aromatic nitrogens is 2. The van der Waals surface area contributed by atoms with Gasteiger partial charge < -0.3 is 19.9 Å². The lowest BCUT2D eigenvalue weighted by Crippen LogP contribution is -2.50. The number of hydrogen-bond acceptors (Lipinski definition) is 8. The number of likely N-dealkylation sites (N-methyl/N-ethyl adjacent to an activating group) is 1. The Labute approximate surface area is 189 Å². The lowest BCUT2D eigenvalue weighted by molar-refractivity contribution is -0.138. The van der Waals surface area contributed by atoms with Crippen molar-refractivity contribution < 1.29 is 14.3 Å². The fourth-order valence-electron chi connectivity index (χ4n) is 2.71. The number of anilines is 2. The second-order valence-electron chi connectivity index (χ2n) is 7.93. The SMILES string of the molecule is CC(C)(C)OC=O.C[C@H]1CN(c2ccncc2NC(=O)c2csc(Br)n2)CCN1C. The maximum absolute atomic E-state index is 12.3. The van der Waals surface area contributed by atoms with Gasteiger partial charge in [-0.05, 0) is 56.7 Å². The van der Waals surface area contributed by atoms with Gasteiger partial charge in [-0.1, -0.05) is 0 Å². The number of piperazine rings is 1.